The molecule has 0 bridgehead atoms. The van der Waals surface area contributed by atoms with Crippen molar-refractivity contribution in [3.05, 3.63) is 54.0 Å². The second kappa shape index (κ2) is 7.44. The summed E-state index contributed by atoms with van der Waals surface area (Å²) in [5, 5.41) is 0. The van der Waals surface area contributed by atoms with Crippen LogP contribution in [0.5, 0.6) is 5.75 Å². The summed E-state index contributed by atoms with van der Waals surface area (Å²) < 4.78 is 33.9. The van der Waals surface area contributed by atoms with Gasteiger partial charge in [0.25, 0.3) is 5.91 Å². The van der Waals surface area contributed by atoms with E-state index in [1.165, 1.54) is 24.3 Å². The zero-order valence-electron chi connectivity index (χ0n) is 13.0. The fourth-order valence-electron chi connectivity index (χ4n) is 2.69. The Morgan fingerprint density at radius 2 is 1.83 bits per heavy atom. The molecule has 0 aliphatic carbocycles. The maximum atomic E-state index is 12.5. The maximum Gasteiger partial charge on any atom is 0.387 e. The van der Waals surface area contributed by atoms with E-state index in [1.54, 1.807) is 11.2 Å². The number of halogens is 2. The number of amides is 1. The summed E-state index contributed by atoms with van der Waals surface area (Å²) in [4.78, 5) is 16.4. The van der Waals surface area contributed by atoms with Crippen LogP contribution in [0, 0.1) is 0 Å². The van der Waals surface area contributed by atoms with Gasteiger partial charge in [-0.25, -0.2) is 0 Å². The van der Waals surface area contributed by atoms with Crippen LogP contribution in [0.1, 0.15) is 16.1 Å². The van der Waals surface area contributed by atoms with E-state index in [0.29, 0.717) is 18.7 Å². The molecule has 0 unspecified atom stereocenters. The smallest absolute Gasteiger partial charge is 0.387 e. The van der Waals surface area contributed by atoms with Gasteiger partial charge in [-0.2, -0.15) is 8.78 Å². The molecule has 1 fully saturated rings. The van der Waals surface area contributed by atoms with Crippen molar-refractivity contribution in [2.45, 2.75) is 13.2 Å². The number of carbonyl (C=O) groups excluding carboxylic acids is 1. The molecular formula is C17H18F2N2O3. The van der Waals surface area contributed by atoms with E-state index in [1.807, 2.05) is 12.1 Å². The quantitative estimate of drug-likeness (QED) is 0.842. The summed E-state index contributed by atoms with van der Waals surface area (Å²) in [6.07, 6.45) is 1.65. The van der Waals surface area contributed by atoms with Gasteiger partial charge in [-0.15, -0.1) is 0 Å². The molecule has 24 heavy (non-hydrogen) atoms. The minimum atomic E-state index is -2.87. The van der Waals surface area contributed by atoms with Crippen LogP contribution in [0.2, 0.25) is 0 Å². The molecule has 1 amide bonds. The van der Waals surface area contributed by atoms with Crippen molar-refractivity contribution in [1.29, 1.82) is 0 Å². The lowest BCUT2D eigenvalue weighted by atomic mass is 10.1. The van der Waals surface area contributed by atoms with Gasteiger partial charge >= 0.3 is 6.61 Å². The average molecular weight is 336 g/mol. The number of benzene rings is 1. The topological polar surface area (TPSA) is 45.9 Å². The number of carbonyl (C=O) groups is 1. The van der Waals surface area contributed by atoms with Gasteiger partial charge in [-0.1, -0.05) is 0 Å². The number of ether oxygens (including phenoxy) is 1. The predicted molar refractivity (Wildman–Crippen MR) is 83.0 cm³/mol. The Labute approximate surface area is 138 Å². The first-order valence-electron chi connectivity index (χ1n) is 7.71. The van der Waals surface area contributed by atoms with Gasteiger partial charge in [0, 0.05) is 31.7 Å². The summed E-state index contributed by atoms with van der Waals surface area (Å²) >= 11 is 0. The van der Waals surface area contributed by atoms with E-state index in [4.69, 9.17) is 4.42 Å². The van der Waals surface area contributed by atoms with Crippen molar-refractivity contribution in [2.24, 2.45) is 0 Å². The molecule has 3 rings (SSSR count). The predicted octanol–water partition coefficient (Wildman–Crippen LogP) is 2.84. The van der Waals surface area contributed by atoms with Crippen LogP contribution in [0.15, 0.2) is 47.1 Å². The first kappa shape index (κ1) is 16.4. The zero-order valence-corrected chi connectivity index (χ0v) is 13.0. The van der Waals surface area contributed by atoms with Crippen molar-refractivity contribution >= 4 is 5.91 Å². The molecule has 1 saturated heterocycles. The molecule has 1 aliphatic heterocycles. The number of hydrogen-bond acceptors (Lipinski definition) is 4. The summed E-state index contributed by atoms with van der Waals surface area (Å²) in [5.74, 6) is 0.852. The van der Waals surface area contributed by atoms with E-state index < -0.39 is 6.61 Å². The number of rotatable bonds is 5. The fraction of sp³-hybridized carbons (Fsp3) is 0.353. The summed E-state index contributed by atoms with van der Waals surface area (Å²) in [6.45, 7) is 0.630. The molecule has 2 heterocycles. The highest BCUT2D eigenvalue weighted by molar-refractivity contribution is 5.94. The lowest BCUT2D eigenvalue weighted by Crippen LogP contribution is -2.48. The van der Waals surface area contributed by atoms with Crippen LogP contribution < -0.4 is 4.74 Å². The molecule has 1 aliphatic rings. The Balaban J connectivity index is 1.53. The molecule has 7 heteroatoms. The van der Waals surface area contributed by atoms with Crippen LogP contribution in [-0.4, -0.2) is 48.5 Å². The molecule has 0 N–H and O–H groups in total. The number of alkyl halides is 2. The molecule has 2 aromatic rings. The van der Waals surface area contributed by atoms with E-state index >= 15 is 0 Å². The molecule has 0 atom stereocenters. The standard InChI is InChI=1S/C17H18F2N2O3/c18-17(19)24-14-5-3-13(4-6-14)16(22)21-9-7-20(8-10-21)12-15-2-1-11-23-15/h1-6,11,17H,7-10,12H2. The molecule has 5 nitrogen and oxygen atoms in total. The van der Waals surface area contributed by atoms with Crippen LogP contribution in [0.4, 0.5) is 8.78 Å². The molecular weight excluding hydrogens is 318 g/mol. The number of furan rings is 1. The Hall–Kier alpha value is -2.41. The van der Waals surface area contributed by atoms with Crippen molar-refractivity contribution < 1.29 is 22.7 Å². The maximum absolute atomic E-state index is 12.5. The fourth-order valence-corrected chi connectivity index (χ4v) is 2.69. The Bertz CT molecular complexity index is 651. The molecule has 128 valence electrons. The first-order chi connectivity index (χ1) is 11.6. The molecule has 1 aromatic carbocycles. The van der Waals surface area contributed by atoms with Gasteiger partial charge in [-0.3, -0.25) is 9.69 Å². The molecule has 1 aromatic heterocycles. The van der Waals surface area contributed by atoms with Gasteiger partial charge in [0.2, 0.25) is 0 Å². The largest absolute Gasteiger partial charge is 0.468 e. The van der Waals surface area contributed by atoms with Crippen molar-refractivity contribution in [3.63, 3.8) is 0 Å². The lowest BCUT2D eigenvalue weighted by molar-refractivity contribution is -0.0498. The average Bonchev–Trinajstić information content (AvgIpc) is 3.08. The van der Waals surface area contributed by atoms with E-state index in [-0.39, 0.29) is 11.7 Å². The van der Waals surface area contributed by atoms with Gasteiger partial charge < -0.3 is 14.1 Å². The minimum Gasteiger partial charge on any atom is -0.468 e. The van der Waals surface area contributed by atoms with Gasteiger partial charge in [-0.05, 0) is 36.4 Å². The Morgan fingerprint density at radius 3 is 2.42 bits per heavy atom. The van der Waals surface area contributed by atoms with Gasteiger partial charge in [0.05, 0.1) is 12.8 Å². The Kier molecular flexibility index (Phi) is 5.10. The third-order valence-corrected chi connectivity index (χ3v) is 3.95. The second-order valence-corrected chi connectivity index (χ2v) is 5.55. The number of nitrogens with zero attached hydrogens (tertiary/aromatic N) is 2. The normalized spacial score (nSPS) is 15.7. The van der Waals surface area contributed by atoms with Crippen molar-refractivity contribution in [3.8, 4) is 5.75 Å². The summed E-state index contributed by atoms with van der Waals surface area (Å²) in [6, 6.07) is 9.57. The van der Waals surface area contributed by atoms with E-state index in [0.717, 1.165) is 25.4 Å². The van der Waals surface area contributed by atoms with Crippen molar-refractivity contribution in [2.75, 3.05) is 26.2 Å². The third-order valence-electron chi connectivity index (χ3n) is 3.95. The zero-order chi connectivity index (χ0) is 16.9. The van der Waals surface area contributed by atoms with Gasteiger partial charge in [0.15, 0.2) is 0 Å². The summed E-state index contributed by atoms with van der Waals surface area (Å²) in [5.41, 5.74) is 0.469. The van der Waals surface area contributed by atoms with Crippen LogP contribution in [0.25, 0.3) is 0 Å². The van der Waals surface area contributed by atoms with Gasteiger partial charge in [0.1, 0.15) is 11.5 Å². The van der Waals surface area contributed by atoms with E-state index in [9.17, 15) is 13.6 Å². The monoisotopic (exact) mass is 336 g/mol. The first-order valence-corrected chi connectivity index (χ1v) is 7.71. The highest BCUT2D eigenvalue weighted by atomic mass is 19.3. The highest BCUT2D eigenvalue weighted by Crippen LogP contribution is 2.17. The Morgan fingerprint density at radius 1 is 1.12 bits per heavy atom. The molecule has 0 saturated carbocycles. The molecule has 0 radical (unpaired) electrons. The number of hydrogen-bond donors (Lipinski definition) is 0. The second-order valence-electron chi connectivity index (χ2n) is 5.55. The number of piperazine rings is 1. The SMILES string of the molecule is O=C(c1ccc(OC(F)F)cc1)N1CCN(Cc2ccco2)CC1. The van der Waals surface area contributed by atoms with Crippen LogP contribution >= 0.6 is 0 Å². The van der Waals surface area contributed by atoms with Crippen molar-refractivity contribution in [1.82, 2.24) is 9.80 Å². The molecule has 0 spiro atoms. The van der Waals surface area contributed by atoms with E-state index in [2.05, 4.69) is 9.64 Å². The lowest BCUT2D eigenvalue weighted by Gasteiger charge is -2.34. The van der Waals surface area contributed by atoms with Crippen LogP contribution in [-0.2, 0) is 6.54 Å². The third kappa shape index (κ3) is 4.11. The highest BCUT2D eigenvalue weighted by Gasteiger charge is 2.22. The summed E-state index contributed by atoms with van der Waals surface area (Å²) in [7, 11) is 0. The van der Waals surface area contributed by atoms with Crippen LogP contribution in [0.3, 0.4) is 0 Å². The minimum absolute atomic E-state index is 0.0461.